The van der Waals surface area contributed by atoms with Gasteiger partial charge in [-0.1, -0.05) is 134 Å². The van der Waals surface area contributed by atoms with Gasteiger partial charge in [-0.15, -0.1) is 0 Å². The van der Waals surface area contributed by atoms with Gasteiger partial charge < -0.3 is 53.2 Å². The van der Waals surface area contributed by atoms with Crippen LogP contribution < -0.4 is 53.2 Å². The van der Waals surface area contributed by atoms with E-state index in [9.17, 15) is 0 Å². The van der Waals surface area contributed by atoms with E-state index in [2.05, 4.69) is 77.5 Å². The fourth-order valence-electron chi connectivity index (χ4n) is 22.4. The Morgan fingerprint density at radius 2 is 0.469 bits per heavy atom. The van der Waals surface area contributed by atoms with Crippen LogP contribution in [0, 0.1) is 48.7 Å². The third kappa shape index (κ3) is 21.2. The molecule has 10 saturated heterocycles. The molecule has 0 atom stereocenters. The van der Waals surface area contributed by atoms with Crippen molar-refractivity contribution >= 4 is 0 Å². The lowest BCUT2D eigenvalue weighted by Crippen LogP contribution is -2.57. The van der Waals surface area contributed by atoms with Gasteiger partial charge in [-0.05, 0) is 326 Å². The van der Waals surface area contributed by atoms with Gasteiger partial charge >= 0.3 is 0 Å². The smallest absolute Gasteiger partial charge is 0.0182 e. The summed E-state index contributed by atoms with van der Waals surface area (Å²) < 4.78 is 0. The molecule has 10 heterocycles. The molecule has 22 aliphatic rings. The molecule has 10 heteroatoms. The minimum absolute atomic E-state index is 0. The van der Waals surface area contributed by atoms with Gasteiger partial charge in [-0.3, -0.25) is 0 Å². The Morgan fingerprint density at radius 3 is 0.729 bits per heavy atom. The van der Waals surface area contributed by atoms with E-state index in [0.717, 1.165) is 43.3 Å². The highest BCUT2D eigenvalue weighted by Crippen LogP contribution is 2.51. The fraction of sp³-hybridized carbons (Fsp3) is 0.953. The highest BCUT2D eigenvalue weighted by Gasteiger charge is 2.45. The van der Waals surface area contributed by atoms with Gasteiger partial charge in [0.05, 0.1) is 0 Å². The molecule has 0 aromatic carbocycles. The molecule has 0 aromatic heterocycles. The molecule has 552 valence electrons. The van der Waals surface area contributed by atoms with E-state index in [0.29, 0.717) is 16.5 Å². The van der Waals surface area contributed by atoms with Crippen LogP contribution in [0.1, 0.15) is 341 Å². The van der Waals surface area contributed by atoms with E-state index in [1.807, 2.05) is 0 Å². The summed E-state index contributed by atoms with van der Waals surface area (Å²) in [6, 6.07) is 0. The number of nitrogens with one attached hydrogen (secondary N) is 10. The van der Waals surface area contributed by atoms with Gasteiger partial charge in [0.2, 0.25) is 0 Å². The zero-order chi connectivity index (χ0) is 64.9. The molecular formula is C86H158N10. The summed E-state index contributed by atoms with van der Waals surface area (Å²) in [5.74, 6) is 0. The lowest BCUT2D eigenvalue weighted by molar-refractivity contribution is 0.0603. The Balaban J connectivity index is 0.000000107. The first-order chi connectivity index (χ1) is 46.6. The van der Waals surface area contributed by atoms with Crippen LogP contribution in [-0.4, -0.2) is 129 Å². The van der Waals surface area contributed by atoms with Gasteiger partial charge in [0.15, 0.2) is 0 Å². The topological polar surface area (TPSA) is 120 Å². The first kappa shape index (κ1) is 76.2. The van der Waals surface area contributed by atoms with Crippen LogP contribution in [0.2, 0.25) is 0 Å². The lowest BCUT2D eigenvalue weighted by Gasteiger charge is -2.49. The summed E-state index contributed by atoms with van der Waals surface area (Å²) >= 11 is 0. The fourth-order valence-corrected chi connectivity index (χ4v) is 22.4. The maximum atomic E-state index is 3.73. The van der Waals surface area contributed by atoms with E-state index < -0.39 is 0 Å². The largest absolute Gasteiger partial charge is 0.316 e. The third-order valence-corrected chi connectivity index (χ3v) is 31.0. The molecule has 10 N–H and O–H groups in total. The summed E-state index contributed by atoms with van der Waals surface area (Å²) in [4.78, 5) is 0. The number of hydrogen-bond acceptors (Lipinski definition) is 10. The quantitative estimate of drug-likeness (QED) is 0.107. The van der Waals surface area contributed by atoms with Crippen molar-refractivity contribution in [2.45, 2.75) is 352 Å². The Labute approximate surface area is 593 Å². The summed E-state index contributed by atoms with van der Waals surface area (Å²) in [6.45, 7) is 23.3. The highest BCUT2D eigenvalue weighted by molar-refractivity contribution is 5.11. The summed E-state index contributed by atoms with van der Waals surface area (Å²) in [5.41, 5.74) is 8.27. The monoisotopic (exact) mass is 1330 g/mol. The van der Waals surface area contributed by atoms with Crippen molar-refractivity contribution in [1.29, 1.82) is 0 Å². The van der Waals surface area contributed by atoms with E-state index in [1.165, 1.54) is 452 Å². The van der Waals surface area contributed by atoms with Crippen LogP contribution in [-0.2, 0) is 0 Å². The summed E-state index contributed by atoms with van der Waals surface area (Å²) in [5, 5.41) is 34.6. The van der Waals surface area contributed by atoms with Crippen molar-refractivity contribution in [1.82, 2.24) is 53.2 Å². The predicted octanol–water partition coefficient (Wildman–Crippen LogP) is 17.4. The Hall–Kier alpha value is -0.920. The van der Waals surface area contributed by atoms with Crippen molar-refractivity contribution in [3.05, 3.63) is 24.3 Å². The van der Waals surface area contributed by atoms with Crippen molar-refractivity contribution < 1.29 is 0 Å². The second-order valence-electron chi connectivity index (χ2n) is 38.0. The zero-order valence-electron chi connectivity index (χ0n) is 62.3. The van der Waals surface area contributed by atoms with Crippen LogP contribution in [0.4, 0.5) is 0 Å². The van der Waals surface area contributed by atoms with Crippen LogP contribution in [0.5, 0.6) is 0 Å². The van der Waals surface area contributed by atoms with Crippen molar-refractivity contribution in [3.8, 4) is 0 Å². The molecule has 20 fully saturated rings. The van der Waals surface area contributed by atoms with Gasteiger partial charge in [-0.25, -0.2) is 0 Å². The minimum atomic E-state index is 0. The SMILES string of the molecule is C.C1=CC2(CC1)CCC2.C1=CCC2(C1)CCNC2.C1CC2(C1)CCNC2.C1CC2(C1)CNC2.C1CC2(C1)CNC2.C1CCC2(C1)CCNC2.C1CCC2(C1)CNC2.C1CCC2(CC1)CCCCN2.C1CCC2(CCCC2)CNC1.C1CNC2(C1)CCC2.C1CNCC2(C1)CCC2. The molecule has 12 aliphatic carbocycles. The van der Waals surface area contributed by atoms with E-state index in [1.54, 1.807) is 0 Å². The molecule has 0 bridgehead atoms. The first-order valence-corrected chi connectivity index (χ1v) is 43.0. The molecule has 10 saturated carbocycles. The maximum absolute atomic E-state index is 3.73. The second kappa shape index (κ2) is 36.7. The van der Waals surface area contributed by atoms with Crippen LogP contribution in [0.25, 0.3) is 0 Å². The Morgan fingerprint density at radius 1 is 0.188 bits per heavy atom. The number of allylic oxidation sites excluding steroid dienone is 4. The number of hydrogen-bond donors (Lipinski definition) is 10. The minimum Gasteiger partial charge on any atom is -0.316 e. The number of piperidine rings is 2. The molecule has 96 heavy (non-hydrogen) atoms. The highest BCUT2D eigenvalue weighted by atomic mass is 15.0. The average molecular weight is 1330 g/mol. The summed E-state index contributed by atoms with van der Waals surface area (Å²) in [6.07, 6.45) is 85.6. The van der Waals surface area contributed by atoms with Gasteiger partial charge in [0, 0.05) is 83.1 Å². The van der Waals surface area contributed by atoms with Crippen molar-refractivity contribution in [2.75, 3.05) is 118 Å². The van der Waals surface area contributed by atoms with Gasteiger partial charge in [-0.2, -0.15) is 0 Å². The third-order valence-electron chi connectivity index (χ3n) is 31.0. The lowest BCUT2D eigenvalue weighted by atomic mass is 9.65. The zero-order valence-corrected chi connectivity index (χ0v) is 62.3. The molecule has 10 nitrogen and oxygen atoms in total. The maximum Gasteiger partial charge on any atom is 0.0182 e. The Kier molecular flexibility index (Phi) is 29.1. The molecule has 0 unspecified atom stereocenters. The van der Waals surface area contributed by atoms with Crippen LogP contribution in [0.15, 0.2) is 24.3 Å². The van der Waals surface area contributed by atoms with Gasteiger partial charge in [0.1, 0.15) is 0 Å². The van der Waals surface area contributed by atoms with Crippen LogP contribution in [0.3, 0.4) is 0 Å². The molecule has 10 aliphatic heterocycles. The van der Waals surface area contributed by atoms with Gasteiger partial charge in [0.25, 0.3) is 0 Å². The van der Waals surface area contributed by atoms with Crippen molar-refractivity contribution in [2.24, 2.45) is 48.7 Å². The predicted molar refractivity (Wildman–Crippen MR) is 411 cm³/mol. The Bertz CT molecular complexity index is 2000. The molecular weight excluding hydrogens is 1170 g/mol. The second-order valence-corrected chi connectivity index (χ2v) is 38.0. The molecule has 0 aromatic rings. The van der Waals surface area contributed by atoms with Crippen molar-refractivity contribution in [3.63, 3.8) is 0 Å². The molecule has 0 amide bonds. The summed E-state index contributed by atoms with van der Waals surface area (Å²) in [7, 11) is 0. The van der Waals surface area contributed by atoms with E-state index in [4.69, 9.17) is 0 Å². The number of rotatable bonds is 0. The van der Waals surface area contributed by atoms with Crippen LogP contribution >= 0.6 is 0 Å². The molecule has 0 radical (unpaired) electrons. The standard InChI is InChI=1S/2C10H19N.2C8H15N.C8H13N.C8H12.3C7H13N.2C6H11N.CH4/c1-2-6-10(5-1)7-3-4-8-11-9-10;1-2-6-10(7-3-1)8-4-5-9-11-10;1-3-8(4-1)5-2-6-9-7-8;2*1-2-4-8(3-1)5-6-9-7-8;1-2-5-8(4-1)6-3-7-8;1-3-7(4-1)5-2-6-8-7;1-2-7(3-1)4-5-8-6-7;1-2-4-7(3-1)5-8-6-7;2*1-2-6(3-1)4-7-5-6;/h2*11H,1-9H2;2*9H,1-7H2;1-2,9H,3-7H2;1,4H,2-3,5-7H2;3*8H,1-6H2;2*7H,1-5H2;1H4. The molecule has 22 rings (SSSR count). The van der Waals surface area contributed by atoms with E-state index in [-0.39, 0.29) is 7.43 Å². The molecule has 11 spiro atoms. The van der Waals surface area contributed by atoms with E-state index >= 15 is 0 Å². The normalized spacial score (nSPS) is 31.7. The average Bonchev–Trinajstić information content (AvgIpc) is 1.34. The first-order valence-electron chi connectivity index (χ1n) is 43.0.